The minimum Gasteiger partial charge on any atom is -0.308 e. The Kier molecular flexibility index (Phi) is 4.90. The van der Waals surface area contributed by atoms with Gasteiger partial charge in [-0.3, -0.25) is 0 Å². The van der Waals surface area contributed by atoms with Crippen LogP contribution in [0.1, 0.15) is 0 Å². The average molecular weight is 621 g/mol. The largest absolute Gasteiger partial charge is 0.308 e. The van der Waals surface area contributed by atoms with Crippen LogP contribution >= 0.6 is 22.7 Å². The highest BCUT2D eigenvalue weighted by atomic mass is 32.1. The van der Waals surface area contributed by atoms with Crippen LogP contribution in [0.5, 0.6) is 0 Å². The van der Waals surface area contributed by atoms with Crippen molar-refractivity contribution in [2.45, 2.75) is 0 Å². The molecular weight excluding hydrogens is 597 g/mol. The second-order valence-electron chi connectivity index (χ2n) is 12.1. The first-order chi connectivity index (χ1) is 22.8. The number of hydrogen-bond acceptors (Lipinski definition) is 2. The molecule has 0 N–H and O–H groups in total. The van der Waals surface area contributed by atoms with Crippen molar-refractivity contribution in [1.82, 2.24) is 9.13 Å². The molecule has 0 bridgehead atoms. The predicted octanol–water partition coefficient (Wildman–Crippen LogP) is 12.6. The summed E-state index contributed by atoms with van der Waals surface area (Å²) in [5, 5.41) is 10.4. The van der Waals surface area contributed by atoms with E-state index in [1.54, 1.807) is 0 Å². The zero-order chi connectivity index (χ0) is 29.9. The van der Waals surface area contributed by atoms with Gasteiger partial charge in [-0.05, 0) is 48.5 Å². The van der Waals surface area contributed by atoms with Gasteiger partial charge in [0.05, 0.1) is 42.8 Å². The van der Waals surface area contributed by atoms with Crippen molar-refractivity contribution >= 4 is 107 Å². The van der Waals surface area contributed by atoms with Crippen LogP contribution in [0.3, 0.4) is 0 Å². The van der Waals surface area contributed by atoms with Gasteiger partial charge in [0.2, 0.25) is 0 Å². The normalized spacial score (nSPS) is 12.3. The summed E-state index contributed by atoms with van der Waals surface area (Å²) in [5.41, 5.74) is 7.39. The van der Waals surface area contributed by atoms with E-state index in [0.717, 1.165) is 0 Å². The van der Waals surface area contributed by atoms with Crippen molar-refractivity contribution in [2.24, 2.45) is 0 Å². The zero-order valence-corrected chi connectivity index (χ0v) is 26.2. The summed E-state index contributed by atoms with van der Waals surface area (Å²) in [6.45, 7) is 0. The molecule has 0 atom stereocenters. The number of thiophene rings is 2. The minimum absolute atomic E-state index is 1.23. The highest BCUT2D eigenvalue weighted by Gasteiger charge is 2.21. The van der Waals surface area contributed by atoms with Crippen molar-refractivity contribution < 1.29 is 0 Å². The van der Waals surface area contributed by atoms with Gasteiger partial charge in [-0.25, -0.2) is 0 Å². The van der Waals surface area contributed by atoms with Gasteiger partial charge in [0, 0.05) is 52.5 Å². The zero-order valence-electron chi connectivity index (χ0n) is 24.6. The maximum absolute atomic E-state index is 2.50. The standard InChI is InChI=1S/C42H24N2S2/c1-5-17-33-25(11-1)31-23-32-26-12-2-6-18-34(26)44(36-20-10-16-30-28-14-4-8-22-40(28)46-42(30)36)38(32)24-37(31)43(33)35-19-9-15-29-27-13-3-7-21-39(27)45-41(29)35/h1-24H. The van der Waals surface area contributed by atoms with E-state index in [1.807, 2.05) is 22.7 Å². The Labute approximate surface area is 271 Å². The van der Waals surface area contributed by atoms with Gasteiger partial charge in [0.25, 0.3) is 0 Å². The summed E-state index contributed by atoms with van der Waals surface area (Å²) in [6.07, 6.45) is 0. The van der Waals surface area contributed by atoms with Crippen LogP contribution in [0.2, 0.25) is 0 Å². The molecule has 0 spiro atoms. The highest BCUT2D eigenvalue weighted by Crippen LogP contribution is 2.45. The SMILES string of the molecule is c1ccc2c(c1)sc1c(-n3c4ccccc4c4cc5c6ccccc6n(-c6cccc7c6sc6ccccc67)c5cc43)cccc12. The monoisotopic (exact) mass is 620 g/mol. The Hall–Kier alpha value is -5.42. The van der Waals surface area contributed by atoms with E-state index in [2.05, 4.69) is 155 Å². The molecule has 4 heterocycles. The van der Waals surface area contributed by atoms with E-state index in [4.69, 9.17) is 0 Å². The van der Waals surface area contributed by atoms with Gasteiger partial charge in [-0.1, -0.05) is 97.1 Å². The molecule has 0 saturated heterocycles. The van der Waals surface area contributed by atoms with Crippen molar-refractivity contribution in [1.29, 1.82) is 0 Å². The van der Waals surface area contributed by atoms with Gasteiger partial charge in [-0.15, -0.1) is 22.7 Å². The van der Waals surface area contributed by atoms with Crippen LogP contribution in [-0.4, -0.2) is 9.13 Å². The molecule has 0 radical (unpaired) electrons. The van der Waals surface area contributed by atoms with Gasteiger partial charge in [0.15, 0.2) is 0 Å². The maximum atomic E-state index is 2.50. The van der Waals surface area contributed by atoms with Crippen molar-refractivity contribution in [2.75, 3.05) is 0 Å². The lowest BCUT2D eigenvalue weighted by atomic mass is 10.1. The van der Waals surface area contributed by atoms with Crippen molar-refractivity contribution in [3.63, 3.8) is 0 Å². The molecule has 2 nitrogen and oxygen atoms in total. The van der Waals surface area contributed by atoms with Crippen LogP contribution in [0.15, 0.2) is 146 Å². The van der Waals surface area contributed by atoms with Crippen LogP contribution in [0.25, 0.3) is 95.3 Å². The summed E-state index contributed by atoms with van der Waals surface area (Å²) < 4.78 is 10.3. The molecule has 0 fully saturated rings. The van der Waals surface area contributed by atoms with E-state index in [9.17, 15) is 0 Å². The van der Waals surface area contributed by atoms with Crippen molar-refractivity contribution in [3.8, 4) is 11.4 Å². The number of para-hydroxylation sites is 2. The van der Waals surface area contributed by atoms with Crippen molar-refractivity contribution in [3.05, 3.63) is 146 Å². The van der Waals surface area contributed by atoms with Crippen LogP contribution in [-0.2, 0) is 0 Å². The molecule has 11 rings (SSSR count). The maximum Gasteiger partial charge on any atom is 0.0640 e. The smallest absolute Gasteiger partial charge is 0.0640 e. The fraction of sp³-hybridized carbons (Fsp3) is 0. The number of nitrogens with zero attached hydrogens (tertiary/aromatic N) is 2. The summed E-state index contributed by atoms with van der Waals surface area (Å²) in [6, 6.07) is 53.8. The molecule has 7 aromatic carbocycles. The molecule has 11 aromatic rings. The third kappa shape index (κ3) is 3.20. The number of rotatable bonds is 2. The van der Waals surface area contributed by atoms with E-state index in [0.29, 0.717) is 0 Å². The lowest BCUT2D eigenvalue weighted by Gasteiger charge is -2.11. The quantitative estimate of drug-likeness (QED) is 0.182. The van der Waals surface area contributed by atoms with E-state index < -0.39 is 0 Å². The number of aromatic nitrogens is 2. The van der Waals surface area contributed by atoms with Gasteiger partial charge in [-0.2, -0.15) is 0 Å². The number of hydrogen-bond donors (Lipinski definition) is 0. The summed E-state index contributed by atoms with van der Waals surface area (Å²) in [5.74, 6) is 0. The molecule has 214 valence electrons. The van der Waals surface area contributed by atoms with E-state index in [-0.39, 0.29) is 0 Å². The summed E-state index contributed by atoms with van der Waals surface area (Å²) in [4.78, 5) is 0. The third-order valence-corrected chi connectivity index (χ3v) is 12.1. The number of fused-ring (bicyclic) bond motifs is 12. The molecule has 0 unspecified atom stereocenters. The van der Waals surface area contributed by atoms with Gasteiger partial charge >= 0.3 is 0 Å². The summed E-state index contributed by atoms with van der Waals surface area (Å²) >= 11 is 3.78. The first kappa shape index (κ1) is 24.8. The minimum atomic E-state index is 1.23. The third-order valence-electron chi connectivity index (χ3n) is 9.71. The molecule has 0 aliphatic rings. The Morgan fingerprint density at radius 2 is 0.717 bits per heavy atom. The lowest BCUT2D eigenvalue weighted by molar-refractivity contribution is 1.19. The molecule has 46 heavy (non-hydrogen) atoms. The molecule has 0 aliphatic heterocycles. The van der Waals surface area contributed by atoms with Gasteiger partial charge in [0.1, 0.15) is 0 Å². The van der Waals surface area contributed by atoms with Crippen LogP contribution < -0.4 is 0 Å². The fourth-order valence-electron chi connectivity index (χ4n) is 7.77. The average Bonchev–Trinajstić information content (AvgIpc) is 3.85. The Bertz CT molecular complexity index is 2840. The first-order valence-electron chi connectivity index (χ1n) is 15.6. The number of benzene rings is 7. The summed E-state index contributed by atoms with van der Waals surface area (Å²) in [7, 11) is 0. The lowest BCUT2D eigenvalue weighted by Crippen LogP contribution is -1.96. The Morgan fingerprint density at radius 1 is 0.304 bits per heavy atom. The van der Waals surface area contributed by atoms with Crippen LogP contribution in [0.4, 0.5) is 0 Å². The molecule has 4 aromatic heterocycles. The molecule has 0 aliphatic carbocycles. The predicted molar refractivity (Wildman–Crippen MR) is 201 cm³/mol. The van der Waals surface area contributed by atoms with E-state index >= 15 is 0 Å². The Morgan fingerprint density at radius 3 is 1.22 bits per heavy atom. The Balaban J connectivity index is 1.31. The molecule has 0 saturated carbocycles. The second-order valence-corrected chi connectivity index (χ2v) is 14.2. The highest BCUT2D eigenvalue weighted by molar-refractivity contribution is 7.26. The molecular formula is C42H24N2S2. The second kappa shape index (κ2) is 9.07. The topological polar surface area (TPSA) is 9.86 Å². The van der Waals surface area contributed by atoms with E-state index in [1.165, 1.54) is 95.3 Å². The van der Waals surface area contributed by atoms with Crippen LogP contribution in [0, 0.1) is 0 Å². The molecule has 0 amide bonds. The fourth-order valence-corrected chi connectivity index (χ4v) is 10.2. The first-order valence-corrected chi connectivity index (χ1v) is 17.2. The van der Waals surface area contributed by atoms with Gasteiger partial charge < -0.3 is 9.13 Å². The molecule has 4 heteroatoms.